The van der Waals surface area contributed by atoms with E-state index in [0.717, 1.165) is 17.7 Å². The summed E-state index contributed by atoms with van der Waals surface area (Å²) in [5.41, 5.74) is 1.70. The van der Waals surface area contributed by atoms with Gasteiger partial charge in [-0.15, -0.1) is 0 Å². The summed E-state index contributed by atoms with van der Waals surface area (Å²) in [5, 5.41) is 12.3. The molecule has 0 bridgehead atoms. The number of hydrogen-bond donors (Lipinski definition) is 2. The SMILES string of the molecule is CCNCc1cc(F)ccc1Oc1ccccc1CCO. The first-order valence-corrected chi connectivity index (χ1v) is 7.10. The zero-order valence-corrected chi connectivity index (χ0v) is 12.1. The number of ether oxygens (including phenoxy) is 1. The van der Waals surface area contributed by atoms with Crippen LogP contribution in [0, 0.1) is 5.82 Å². The number of halogens is 1. The second kappa shape index (κ2) is 7.76. The Morgan fingerprint density at radius 1 is 1.10 bits per heavy atom. The third-order valence-corrected chi connectivity index (χ3v) is 3.16. The maximum Gasteiger partial charge on any atom is 0.132 e. The van der Waals surface area contributed by atoms with Gasteiger partial charge in [0.05, 0.1) is 0 Å². The molecule has 2 N–H and O–H groups in total. The highest BCUT2D eigenvalue weighted by atomic mass is 19.1. The molecule has 0 atom stereocenters. The number of benzene rings is 2. The molecule has 0 amide bonds. The van der Waals surface area contributed by atoms with Crippen molar-refractivity contribution in [3.05, 3.63) is 59.4 Å². The zero-order valence-electron chi connectivity index (χ0n) is 12.1. The summed E-state index contributed by atoms with van der Waals surface area (Å²) in [6.07, 6.45) is 0.528. The Balaban J connectivity index is 2.26. The van der Waals surface area contributed by atoms with Crippen molar-refractivity contribution in [2.75, 3.05) is 13.2 Å². The number of aliphatic hydroxyl groups excluding tert-OH is 1. The standard InChI is InChI=1S/C17H20FNO2/c1-2-19-12-14-11-15(18)7-8-17(14)21-16-6-4-3-5-13(16)9-10-20/h3-8,11,19-20H,2,9-10,12H2,1H3. The molecule has 21 heavy (non-hydrogen) atoms. The fraction of sp³-hybridized carbons (Fsp3) is 0.294. The smallest absolute Gasteiger partial charge is 0.132 e. The normalized spacial score (nSPS) is 10.6. The van der Waals surface area contributed by atoms with Crippen LogP contribution in [0.3, 0.4) is 0 Å². The maximum absolute atomic E-state index is 13.4. The van der Waals surface area contributed by atoms with Gasteiger partial charge in [0.1, 0.15) is 17.3 Å². The van der Waals surface area contributed by atoms with Crippen LogP contribution in [0.4, 0.5) is 4.39 Å². The Labute approximate surface area is 124 Å². The van der Waals surface area contributed by atoms with Gasteiger partial charge in [-0.05, 0) is 42.8 Å². The quantitative estimate of drug-likeness (QED) is 0.822. The Morgan fingerprint density at radius 3 is 2.62 bits per heavy atom. The second-order valence-corrected chi connectivity index (χ2v) is 4.72. The molecule has 3 nitrogen and oxygen atoms in total. The van der Waals surface area contributed by atoms with Crippen molar-refractivity contribution in [3.8, 4) is 11.5 Å². The molecule has 0 unspecified atom stereocenters. The Bertz CT molecular complexity index is 587. The van der Waals surface area contributed by atoms with E-state index >= 15 is 0 Å². The molecule has 0 saturated carbocycles. The first kappa shape index (κ1) is 15.5. The highest BCUT2D eigenvalue weighted by Crippen LogP contribution is 2.29. The molecule has 0 spiro atoms. The van der Waals surface area contributed by atoms with Crippen LogP contribution < -0.4 is 10.1 Å². The fourth-order valence-electron chi connectivity index (χ4n) is 2.09. The molecular weight excluding hydrogens is 269 g/mol. The van der Waals surface area contributed by atoms with E-state index in [1.54, 1.807) is 6.07 Å². The lowest BCUT2D eigenvalue weighted by molar-refractivity contribution is 0.298. The summed E-state index contributed by atoms with van der Waals surface area (Å²) >= 11 is 0. The van der Waals surface area contributed by atoms with E-state index in [4.69, 9.17) is 9.84 Å². The zero-order chi connectivity index (χ0) is 15.1. The van der Waals surface area contributed by atoms with Crippen molar-refractivity contribution >= 4 is 0 Å². The van der Waals surface area contributed by atoms with E-state index in [1.807, 2.05) is 31.2 Å². The molecular formula is C17H20FNO2. The molecule has 0 aromatic heterocycles. The van der Waals surface area contributed by atoms with Crippen molar-refractivity contribution in [2.24, 2.45) is 0 Å². The number of hydrogen-bond acceptors (Lipinski definition) is 3. The van der Waals surface area contributed by atoms with Gasteiger partial charge in [0.25, 0.3) is 0 Å². The van der Waals surface area contributed by atoms with Gasteiger partial charge in [0, 0.05) is 18.7 Å². The minimum atomic E-state index is -0.279. The minimum absolute atomic E-state index is 0.0635. The summed E-state index contributed by atoms with van der Waals surface area (Å²) in [5.74, 6) is 1.04. The van der Waals surface area contributed by atoms with E-state index in [-0.39, 0.29) is 12.4 Å². The topological polar surface area (TPSA) is 41.5 Å². The lowest BCUT2D eigenvalue weighted by Crippen LogP contribution is -2.12. The Hall–Kier alpha value is -1.91. The van der Waals surface area contributed by atoms with Gasteiger partial charge in [0.15, 0.2) is 0 Å². The predicted octanol–water partition coefficient (Wildman–Crippen LogP) is 3.26. The molecule has 0 fully saturated rings. The summed E-state index contributed by atoms with van der Waals surface area (Å²) in [6, 6.07) is 12.1. The monoisotopic (exact) mass is 289 g/mol. The van der Waals surface area contributed by atoms with Crippen molar-refractivity contribution in [2.45, 2.75) is 19.9 Å². The molecule has 2 rings (SSSR count). The molecule has 0 heterocycles. The first-order valence-electron chi connectivity index (χ1n) is 7.10. The van der Waals surface area contributed by atoms with E-state index in [1.165, 1.54) is 12.1 Å². The van der Waals surface area contributed by atoms with E-state index < -0.39 is 0 Å². The molecule has 0 aliphatic rings. The second-order valence-electron chi connectivity index (χ2n) is 4.72. The molecule has 4 heteroatoms. The van der Waals surface area contributed by atoms with Crippen LogP contribution >= 0.6 is 0 Å². The first-order chi connectivity index (χ1) is 10.2. The number of para-hydroxylation sites is 1. The number of nitrogens with one attached hydrogen (secondary N) is 1. The molecule has 0 radical (unpaired) electrons. The average Bonchev–Trinajstić information content (AvgIpc) is 2.49. The van der Waals surface area contributed by atoms with E-state index in [0.29, 0.717) is 24.5 Å². The van der Waals surface area contributed by atoms with Crippen molar-refractivity contribution in [1.82, 2.24) is 5.32 Å². The maximum atomic E-state index is 13.4. The van der Waals surface area contributed by atoms with E-state index in [2.05, 4.69) is 5.32 Å². The minimum Gasteiger partial charge on any atom is -0.457 e. The molecule has 112 valence electrons. The molecule has 2 aromatic carbocycles. The largest absolute Gasteiger partial charge is 0.457 e. The number of rotatable bonds is 7. The lowest BCUT2D eigenvalue weighted by Gasteiger charge is -2.14. The highest BCUT2D eigenvalue weighted by molar-refractivity contribution is 5.41. The molecule has 0 aliphatic heterocycles. The van der Waals surface area contributed by atoms with Gasteiger partial charge in [-0.3, -0.25) is 0 Å². The van der Waals surface area contributed by atoms with Crippen LogP contribution in [-0.2, 0) is 13.0 Å². The van der Waals surface area contributed by atoms with Gasteiger partial charge in [-0.1, -0.05) is 25.1 Å². The van der Waals surface area contributed by atoms with Crippen LogP contribution in [0.2, 0.25) is 0 Å². The van der Waals surface area contributed by atoms with E-state index in [9.17, 15) is 4.39 Å². The Kier molecular flexibility index (Phi) is 5.72. The third kappa shape index (κ3) is 4.28. The van der Waals surface area contributed by atoms with Gasteiger partial charge in [0.2, 0.25) is 0 Å². The highest BCUT2D eigenvalue weighted by Gasteiger charge is 2.09. The lowest BCUT2D eigenvalue weighted by atomic mass is 10.1. The van der Waals surface area contributed by atoms with Crippen molar-refractivity contribution in [1.29, 1.82) is 0 Å². The van der Waals surface area contributed by atoms with Crippen LogP contribution in [0.1, 0.15) is 18.1 Å². The average molecular weight is 289 g/mol. The number of aliphatic hydroxyl groups is 1. The van der Waals surface area contributed by atoms with Crippen LogP contribution in [0.5, 0.6) is 11.5 Å². The summed E-state index contributed by atoms with van der Waals surface area (Å²) in [4.78, 5) is 0. The fourth-order valence-corrected chi connectivity index (χ4v) is 2.09. The third-order valence-electron chi connectivity index (χ3n) is 3.16. The van der Waals surface area contributed by atoms with Crippen LogP contribution in [0.25, 0.3) is 0 Å². The predicted molar refractivity (Wildman–Crippen MR) is 81.1 cm³/mol. The van der Waals surface area contributed by atoms with Crippen LogP contribution in [-0.4, -0.2) is 18.3 Å². The molecule has 0 saturated heterocycles. The Morgan fingerprint density at radius 2 is 1.86 bits per heavy atom. The van der Waals surface area contributed by atoms with Crippen LogP contribution in [0.15, 0.2) is 42.5 Å². The van der Waals surface area contributed by atoms with Gasteiger partial charge in [-0.25, -0.2) is 4.39 Å². The van der Waals surface area contributed by atoms with Gasteiger partial charge < -0.3 is 15.2 Å². The van der Waals surface area contributed by atoms with Crippen molar-refractivity contribution < 1.29 is 14.2 Å². The summed E-state index contributed by atoms with van der Waals surface area (Å²) < 4.78 is 19.3. The molecule has 0 aliphatic carbocycles. The summed E-state index contributed by atoms with van der Waals surface area (Å²) in [7, 11) is 0. The van der Waals surface area contributed by atoms with Gasteiger partial charge in [-0.2, -0.15) is 0 Å². The molecule has 2 aromatic rings. The van der Waals surface area contributed by atoms with Gasteiger partial charge >= 0.3 is 0 Å². The van der Waals surface area contributed by atoms with Crippen molar-refractivity contribution in [3.63, 3.8) is 0 Å². The summed E-state index contributed by atoms with van der Waals surface area (Å²) in [6.45, 7) is 3.41.